The van der Waals surface area contributed by atoms with E-state index >= 15 is 0 Å². The molecule has 2 aromatic rings. The predicted octanol–water partition coefficient (Wildman–Crippen LogP) is 3.30. The Morgan fingerprint density at radius 2 is 1.95 bits per heavy atom. The van der Waals surface area contributed by atoms with Gasteiger partial charge in [-0.2, -0.15) is 0 Å². The van der Waals surface area contributed by atoms with Crippen molar-refractivity contribution in [2.75, 3.05) is 25.3 Å². The topological polar surface area (TPSA) is 73.6 Å². The van der Waals surface area contributed by atoms with E-state index in [1.165, 1.54) is 14.2 Å². The molecule has 0 atom stereocenters. The Morgan fingerprint density at radius 3 is 2.57 bits per heavy atom. The summed E-state index contributed by atoms with van der Waals surface area (Å²) in [6, 6.07) is 10.3. The van der Waals surface area contributed by atoms with Crippen LogP contribution in [0.1, 0.15) is 10.4 Å². The molecule has 5 nitrogen and oxygen atoms in total. The second kappa shape index (κ2) is 6.49. The van der Waals surface area contributed by atoms with Crippen molar-refractivity contribution in [2.24, 2.45) is 0 Å². The van der Waals surface area contributed by atoms with E-state index in [9.17, 15) is 4.79 Å². The normalized spacial score (nSPS) is 10.0. The number of hydrogen-bond acceptors (Lipinski definition) is 4. The van der Waals surface area contributed by atoms with Crippen LogP contribution >= 0.6 is 15.9 Å². The Balaban J connectivity index is 2.30. The molecule has 0 radical (unpaired) electrons. The second-order valence-corrected chi connectivity index (χ2v) is 5.09. The van der Waals surface area contributed by atoms with Gasteiger partial charge in [-0.05, 0) is 46.3 Å². The van der Waals surface area contributed by atoms with Gasteiger partial charge in [0.1, 0.15) is 0 Å². The quantitative estimate of drug-likeness (QED) is 0.829. The number of nitrogens with two attached hydrogens (primary N) is 1. The third-order valence-electron chi connectivity index (χ3n) is 2.90. The SMILES string of the molecule is COc1cccc(C(=O)Nc2ccc(Br)c(N)c2)c1OC. The molecule has 2 rings (SSSR count). The van der Waals surface area contributed by atoms with Crippen molar-refractivity contribution in [3.8, 4) is 11.5 Å². The molecule has 0 fully saturated rings. The molecule has 21 heavy (non-hydrogen) atoms. The standard InChI is InChI=1S/C15H15BrN2O3/c1-20-13-5-3-4-10(14(13)21-2)15(19)18-9-6-7-11(16)12(17)8-9/h3-8H,17H2,1-2H3,(H,18,19). The predicted molar refractivity (Wildman–Crippen MR) is 86.1 cm³/mol. The van der Waals surface area contributed by atoms with Gasteiger partial charge in [0.15, 0.2) is 11.5 Å². The van der Waals surface area contributed by atoms with E-state index in [0.29, 0.717) is 28.4 Å². The van der Waals surface area contributed by atoms with E-state index in [1.807, 2.05) is 0 Å². The first-order valence-electron chi connectivity index (χ1n) is 6.14. The van der Waals surface area contributed by atoms with Crippen LogP contribution in [0.25, 0.3) is 0 Å². The number of carbonyl (C=O) groups is 1. The molecule has 0 heterocycles. The van der Waals surface area contributed by atoms with Crippen LogP contribution in [0.15, 0.2) is 40.9 Å². The Labute approximate surface area is 131 Å². The van der Waals surface area contributed by atoms with Gasteiger partial charge >= 0.3 is 0 Å². The maximum atomic E-state index is 12.4. The minimum atomic E-state index is -0.299. The molecule has 0 saturated heterocycles. The number of hydrogen-bond donors (Lipinski definition) is 2. The summed E-state index contributed by atoms with van der Waals surface area (Å²) in [7, 11) is 3.02. The van der Waals surface area contributed by atoms with E-state index in [0.717, 1.165) is 4.47 Å². The lowest BCUT2D eigenvalue weighted by atomic mass is 10.1. The summed E-state index contributed by atoms with van der Waals surface area (Å²) >= 11 is 3.31. The van der Waals surface area contributed by atoms with Crippen LogP contribution in [0.5, 0.6) is 11.5 Å². The van der Waals surface area contributed by atoms with Gasteiger partial charge in [0.2, 0.25) is 0 Å². The van der Waals surface area contributed by atoms with Crippen molar-refractivity contribution in [2.45, 2.75) is 0 Å². The van der Waals surface area contributed by atoms with Gasteiger partial charge in [0.25, 0.3) is 5.91 Å². The first kappa shape index (κ1) is 15.2. The summed E-state index contributed by atoms with van der Waals surface area (Å²) in [6.07, 6.45) is 0. The molecule has 2 aromatic carbocycles. The third kappa shape index (κ3) is 3.28. The van der Waals surface area contributed by atoms with Gasteiger partial charge in [-0.15, -0.1) is 0 Å². The van der Waals surface area contributed by atoms with E-state index in [1.54, 1.807) is 36.4 Å². The molecule has 0 aliphatic carbocycles. The smallest absolute Gasteiger partial charge is 0.259 e. The summed E-state index contributed by atoms with van der Waals surface area (Å²) in [5, 5.41) is 2.78. The number of nitrogens with one attached hydrogen (secondary N) is 1. The molecular weight excluding hydrogens is 336 g/mol. The van der Waals surface area contributed by atoms with E-state index in [-0.39, 0.29) is 5.91 Å². The number of ether oxygens (including phenoxy) is 2. The van der Waals surface area contributed by atoms with Gasteiger partial charge in [0.05, 0.1) is 19.8 Å². The lowest BCUT2D eigenvalue weighted by Crippen LogP contribution is -2.13. The highest BCUT2D eigenvalue weighted by atomic mass is 79.9. The average Bonchev–Trinajstić information content (AvgIpc) is 2.49. The molecular formula is C15H15BrN2O3. The lowest BCUT2D eigenvalue weighted by molar-refractivity contribution is 0.102. The fourth-order valence-electron chi connectivity index (χ4n) is 1.89. The zero-order valence-corrected chi connectivity index (χ0v) is 13.2. The summed E-state index contributed by atoms with van der Waals surface area (Å²) in [6.45, 7) is 0. The van der Waals surface area contributed by atoms with Gasteiger partial charge in [0, 0.05) is 15.8 Å². The van der Waals surface area contributed by atoms with Crippen LogP contribution < -0.4 is 20.5 Å². The van der Waals surface area contributed by atoms with Crippen LogP contribution in [-0.4, -0.2) is 20.1 Å². The summed E-state index contributed by atoms with van der Waals surface area (Å²) < 4.78 is 11.2. The van der Waals surface area contributed by atoms with Crippen molar-refractivity contribution < 1.29 is 14.3 Å². The summed E-state index contributed by atoms with van der Waals surface area (Å²) in [5.41, 5.74) is 7.33. The average molecular weight is 351 g/mol. The Kier molecular flexibility index (Phi) is 4.70. The summed E-state index contributed by atoms with van der Waals surface area (Å²) in [5.74, 6) is 0.593. The molecule has 0 aliphatic heterocycles. The number of benzene rings is 2. The Bertz CT molecular complexity index is 674. The zero-order valence-electron chi connectivity index (χ0n) is 11.6. The maximum Gasteiger partial charge on any atom is 0.259 e. The van der Waals surface area contributed by atoms with Crippen LogP contribution in [0.4, 0.5) is 11.4 Å². The molecule has 0 spiro atoms. The first-order valence-corrected chi connectivity index (χ1v) is 6.93. The number of halogens is 1. The van der Waals surface area contributed by atoms with Crippen molar-refractivity contribution in [1.82, 2.24) is 0 Å². The van der Waals surface area contributed by atoms with Gasteiger partial charge in [-0.3, -0.25) is 4.79 Å². The van der Waals surface area contributed by atoms with Crippen molar-refractivity contribution in [3.63, 3.8) is 0 Å². The molecule has 0 saturated carbocycles. The maximum absolute atomic E-state index is 12.4. The van der Waals surface area contributed by atoms with Gasteiger partial charge in [-0.1, -0.05) is 6.07 Å². The van der Waals surface area contributed by atoms with Gasteiger partial charge < -0.3 is 20.5 Å². The van der Waals surface area contributed by atoms with Crippen molar-refractivity contribution >= 4 is 33.2 Å². The van der Waals surface area contributed by atoms with Crippen LogP contribution in [-0.2, 0) is 0 Å². The molecule has 3 N–H and O–H groups in total. The van der Waals surface area contributed by atoms with Crippen LogP contribution in [0.2, 0.25) is 0 Å². The Morgan fingerprint density at radius 1 is 1.19 bits per heavy atom. The lowest BCUT2D eigenvalue weighted by Gasteiger charge is -2.13. The molecule has 0 bridgehead atoms. The summed E-state index contributed by atoms with van der Waals surface area (Å²) in [4.78, 5) is 12.4. The van der Waals surface area contributed by atoms with Crippen molar-refractivity contribution in [3.05, 3.63) is 46.4 Å². The van der Waals surface area contributed by atoms with Gasteiger partial charge in [-0.25, -0.2) is 0 Å². The second-order valence-electron chi connectivity index (χ2n) is 4.23. The number of nitrogen functional groups attached to an aromatic ring is 1. The number of para-hydroxylation sites is 1. The highest BCUT2D eigenvalue weighted by Gasteiger charge is 2.16. The minimum Gasteiger partial charge on any atom is -0.493 e. The fraction of sp³-hybridized carbons (Fsp3) is 0.133. The number of amides is 1. The zero-order chi connectivity index (χ0) is 15.4. The molecule has 0 aliphatic rings. The molecule has 0 unspecified atom stereocenters. The first-order chi connectivity index (χ1) is 10.1. The van der Waals surface area contributed by atoms with Crippen LogP contribution in [0.3, 0.4) is 0 Å². The molecule has 1 amide bonds. The van der Waals surface area contributed by atoms with E-state index < -0.39 is 0 Å². The number of rotatable bonds is 4. The highest BCUT2D eigenvalue weighted by Crippen LogP contribution is 2.31. The minimum absolute atomic E-state index is 0.299. The van der Waals surface area contributed by atoms with Crippen LogP contribution in [0, 0.1) is 0 Å². The number of anilines is 2. The third-order valence-corrected chi connectivity index (χ3v) is 3.62. The highest BCUT2D eigenvalue weighted by molar-refractivity contribution is 9.10. The molecule has 110 valence electrons. The largest absolute Gasteiger partial charge is 0.493 e. The van der Waals surface area contributed by atoms with Crippen molar-refractivity contribution in [1.29, 1.82) is 0 Å². The van der Waals surface area contributed by atoms with E-state index in [2.05, 4.69) is 21.2 Å². The fourth-order valence-corrected chi connectivity index (χ4v) is 2.13. The Hall–Kier alpha value is -2.21. The van der Waals surface area contributed by atoms with E-state index in [4.69, 9.17) is 15.2 Å². The number of carbonyl (C=O) groups excluding carboxylic acids is 1. The molecule has 6 heteroatoms. The number of methoxy groups -OCH3 is 2. The monoisotopic (exact) mass is 350 g/mol. The molecule has 0 aromatic heterocycles.